The molecule has 1 aliphatic heterocycles. The third-order valence-electron chi connectivity index (χ3n) is 4.52. The monoisotopic (exact) mass is 336 g/mol. The number of nitrogens with one attached hydrogen (secondary N) is 1. The second-order valence-electron chi connectivity index (χ2n) is 6.04. The fourth-order valence-corrected chi connectivity index (χ4v) is 3.24. The summed E-state index contributed by atoms with van der Waals surface area (Å²) in [4.78, 5) is 14.5. The Morgan fingerprint density at radius 3 is 2.76 bits per heavy atom. The quantitative estimate of drug-likeness (QED) is 0.777. The topological polar surface area (TPSA) is 59.4 Å². The molecule has 25 heavy (non-hydrogen) atoms. The van der Waals surface area contributed by atoms with E-state index in [9.17, 15) is 4.79 Å². The van der Waals surface area contributed by atoms with Crippen LogP contribution in [0, 0.1) is 0 Å². The highest BCUT2D eigenvalue weighted by Crippen LogP contribution is 2.30. The van der Waals surface area contributed by atoms with Crippen LogP contribution in [-0.4, -0.2) is 42.4 Å². The summed E-state index contributed by atoms with van der Waals surface area (Å²) in [6.07, 6.45) is 0. The van der Waals surface area contributed by atoms with Gasteiger partial charge in [-0.3, -0.25) is 4.79 Å². The number of amides is 1. The zero-order valence-electron chi connectivity index (χ0n) is 14.1. The van der Waals surface area contributed by atoms with Gasteiger partial charge in [0.05, 0.1) is 19.2 Å². The van der Waals surface area contributed by atoms with Gasteiger partial charge in [-0.05, 0) is 36.4 Å². The van der Waals surface area contributed by atoms with Crippen molar-refractivity contribution in [2.45, 2.75) is 6.54 Å². The van der Waals surface area contributed by atoms with Crippen LogP contribution in [0.1, 0.15) is 10.4 Å². The Kier molecular flexibility index (Phi) is 4.01. The number of carbonyl (C=O) groups excluding carboxylic acids is 1. The van der Waals surface area contributed by atoms with Crippen LogP contribution in [0.25, 0.3) is 10.9 Å². The third kappa shape index (κ3) is 2.91. The van der Waals surface area contributed by atoms with Crippen molar-refractivity contribution in [2.24, 2.45) is 0 Å². The molecule has 4 rings (SSSR count). The molecule has 0 atom stereocenters. The molecule has 3 aromatic rings. The molecular formula is C19H20N4O2. The van der Waals surface area contributed by atoms with Crippen molar-refractivity contribution in [1.82, 2.24) is 15.1 Å². The van der Waals surface area contributed by atoms with E-state index < -0.39 is 0 Å². The lowest BCUT2D eigenvalue weighted by molar-refractivity contribution is 0.0954. The maximum Gasteiger partial charge on any atom is 0.251 e. The number of benzene rings is 2. The summed E-state index contributed by atoms with van der Waals surface area (Å²) in [5.41, 5.74) is 1.65. The summed E-state index contributed by atoms with van der Waals surface area (Å²) in [6.45, 7) is 3.16. The summed E-state index contributed by atoms with van der Waals surface area (Å²) in [7, 11) is 1.61. The Labute approximate surface area is 146 Å². The van der Waals surface area contributed by atoms with E-state index in [2.05, 4.69) is 26.1 Å². The lowest BCUT2D eigenvalue weighted by atomic mass is 10.2. The average molecular weight is 336 g/mol. The highest BCUT2D eigenvalue weighted by Gasteiger charge is 2.23. The zero-order valence-corrected chi connectivity index (χ0v) is 14.1. The van der Waals surface area contributed by atoms with E-state index in [0.29, 0.717) is 12.1 Å². The van der Waals surface area contributed by atoms with Gasteiger partial charge in [-0.1, -0.05) is 12.1 Å². The molecule has 2 heterocycles. The fourth-order valence-electron chi connectivity index (χ4n) is 3.24. The van der Waals surface area contributed by atoms with Crippen molar-refractivity contribution in [3.8, 4) is 5.75 Å². The Hall–Kier alpha value is -3.02. The third-order valence-corrected chi connectivity index (χ3v) is 4.52. The average Bonchev–Trinajstić information content (AvgIpc) is 3.21. The first-order valence-electron chi connectivity index (χ1n) is 8.39. The molecule has 0 unspecified atom stereocenters. The molecule has 2 aromatic carbocycles. The molecule has 0 spiro atoms. The minimum absolute atomic E-state index is 0.0692. The standard InChI is InChI=1S/C19H20N4O2/c1-25-15-8-6-14(7-9-15)18(24)20-10-11-22-12-13-23-19(22)16-4-2-3-5-17(16)21-23/h2-9H,10-13H2,1H3,(H,20,24). The summed E-state index contributed by atoms with van der Waals surface area (Å²) in [5.74, 6) is 1.82. The number of methoxy groups -OCH3 is 1. The van der Waals surface area contributed by atoms with Crippen LogP contribution >= 0.6 is 0 Å². The number of aromatic nitrogens is 2. The highest BCUT2D eigenvalue weighted by atomic mass is 16.5. The van der Waals surface area contributed by atoms with Gasteiger partial charge in [-0.25, -0.2) is 4.68 Å². The molecule has 128 valence electrons. The van der Waals surface area contributed by atoms with Crippen LogP contribution in [0.2, 0.25) is 0 Å². The molecule has 1 aliphatic rings. The van der Waals surface area contributed by atoms with Crippen molar-refractivity contribution in [3.63, 3.8) is 0 Å². The van der Waals surface area contributed by atoms with E-state index in [1.807, 2.05) is 18.2 Å². The molecule has 1 N–H and O–H groups in total. The van der Waals surface area contributed by atoms with Gasteiger partial charge >= 0.3 is 0 Å². The van der Waals surface area contributed by atoms with Crippen LogP contribution in [0.5, 0.6) is 5.75 Å². The number of carbonyl (C=O) groups is 1. The molecule has 0 radical (unpaired) electrons. The normalized spacial score (nSPS) is 13.1. The van der Waals surface area contributed by atoms with E-state index in [1.165, 1.54) is 5.39 Å². The van der Waals surface area contributed by atoms with Gasteiger partial charge in [0, 0.05) is 30.6 Å². The van der Waals surface area contributed by atoms with Crippen LogP contribution in [-0.2, 0) is 6.54 Å². The largest absolute Gasteiger partial charge is 0.497 e. The number of hydrogen-bond acceptors (Lipinski definition) is 4. The second kappa shape index (κ2) is 6.47. The van der Waals surface area contributed by atoms with Gasteiger partial charge in [0.2, 0.25) is 0 Å². The molecule has 0 aliphatic carbocycles. The summed E-state index contributed by atoms with van der Waals surface area (Å²) in [6, 6.07) is 15.3. The van der Waals surface area contributed by atoms with Crippen molar-refractivity contribution < 1.29 is 9.53 Å². The van der Waals surface area contributed by atoms with Gasteiger partial charge in [0.25, 0.3) is 5.91 Å². The number of rotatable bonds is 5. The zero-order chi connectivity index (χ0) is 17.2. The molecule has 1 amide bonds. The SMILES string of the molecule is COc1ccc(C(=O)NCCN2CCn3nc4ccccc4c32)cc1. The van der Waals surface area contributed by atoms with Gasteiger partial charge in [-0.15, -0.1) is 0 Å². The van der Waals surface area contributed by atoms with Crippen LogP contribution in [0.4, 0.5) is 5.82 Å². The van der Waals surface area contributed by atoms with Gasteiger partial charge in [0.15, 0.2) is 0 Å². The Morgan fingerprint density at radius 1 is 1.16 bits per heavy atom. The van der Waals surface area contributed by atoms with Crippen LogP contribution < -0.4 is 15.0 Å². The smallest absolute Gasteiger partial charge is 0.251 e. The summed E-state index contributed by atoms with van der Waals surface area (Å²) >= 11 is 0. The first kappa shape index (κ1) is 15.5. The van der Waals surface area contributed by atoms with Gasteiger partial charge in [0.1, 0.15) is 11.6 Å². The number of ether oxygens (including phenoxy) is 1. The molecule has 0 saturated heterocycles. The van der Waals surface area contributed by atoms with Gasteiger partial charge < -0.3 is 15.0 Å². The maximum absolute atomic E-state index is 12.2. The molecule has 0 saturated carbocycles. The summed E-state index contributed by atoms with van der Waals surface area (Å²) < 4.78 is 7.16. The van der Waals surface area contributed by atoms with E-state index in [0.717, 1.165) is 36.7 Å². The lowest BCUT2D eigenvalue weighted by Crippen LogP contribution is -2.34. The molecule has 0 fully saturated rings. The van der Waals surface area contributed by atoms with Crippen molar-refractivity contribution >= 4 is 22.6 Å². The molecule has 6 nitrogen and oxygen atoms in total. The predicted molar refractivity (Wildman–Crippen MR) is 97.3 cm³/mol. The first-order chi connectivity index (χ1) is 12.3. The minimum Gasteiger partial charge on any atom is -0.497 e. The van der Waals surface area contributed by atoms with Crippen LogP contribution in [0.15, 0.2) is 48.5 Å². The number of nitrogens with zero attached hydrogens (tertiary/aromatic N) is 3. The second-order valence-corrected chi connectivity index (χ2v) is 6.04. The molecular weight excluding hydrogens is 316 g/mol. The van der Waals surface area contributed by atoms with Crippen LogP contribution in [0.3, 0.4) is 0 Å². The summed E-state index contributed by atoms with van der Waals surface area (Å²) in [5, 5.41) is 8.78. The lowest BCUT2D eigenvalue weighted by Gasteiger charge is -2.18. The van der Waals surface area contributed by atoms with Crippen molar-refractivity contribution in [3.05, 3.63) is 54.1 Å². The minimum atomic E-state index is -0.0692. The molecule has 0 bridgehead atoms. The number of fused-ring (bicyclic) bond motifs is 3. The van der Waals surface area contributed by atoms with Crippen molar-refractivity contribution in [1.29, 1.82) is 0 Å². The number of anilines is 1. The van der Waals surface area contributed by atoms with E-state index >= 15 is 0 Å². The highest BCUT2D eigenvalue weighted by molar-refractivity contribution is 5.94. The predicted octanol–water partition coefficient (Wildman–Crippen LogP) is 2.29. The Balaban J connectivity index is 1.39. The number of hydrogen-bond donors (Lipinski definition) is 1. The first-order valence-corrected chi connectivity index (χ1v) is 8.39. The van der Waals surface area contributed by atoms with Crippen molar-refractivity contribution in [2.75, 3.05) is 31.6 Å². The molecule has 1 aromatic heterocycles. The molecule has 6 heteroatoms. The van der Waals surface area contributed by atoms with Gasteiger partial charge in [-0.2, -0.15) is 5.10 Å². The Morgan fingerprint density at radius 2 is 1.96 bits per heavy atom. The van der Waals surface area contributed by atoms with E-state index in [4.69, 9.17) is 4.74 Å². The maximum atomic E-state index is 12.2. The Bertz CT molecular complexity index is 901. The van der Waals surface area contributed by atoms with E-state index in [-0.39, 0.29) is 5.91 Å². The van der Waals surface area contributed by atoms with E-state index in [1.54, 1.807) is 31.4 Å². The fraction of sp³-hybridized carbons (Fsp3) is 0.263.